The number of ether oxygens (including phenoxy) is 1. The third-order valence-corrected chi connectivity index (χ3v) is 5.35. The molecule has 140 valence electrons. The predicted octanol–water partition coefficient (Wildman–Crippen LogP) is 4.31. The molecule has 7 heteroatoms. The van der Waals surface area contributed by atoms with Crippen LogP contribution >= 0.6 is 11.3 Å². The van der Waals surface area contributed by atoms with Crippen molar-refractivity contribution < 1.29 is 14.3 Å². The van der Waals surface area contributed by atoms with E-state index in [0.29, 0.717) is 23.6 Å². The summed E-state index contributed by atoms with van der Waals surface area (Å²) >= 11 is 1.58. The minimum Gasteiger partial charge on any atom is -0.469 e. The summed E-state index contributed by atoms with van der Waals surface area (Å²) in [7, 11) is 0. The molecule has 0 saturated heterocycles. The lowest BCUT2D eigenvalue weighted by atomic mass is 10.1. The highest BCUT2D eigenvalue weighted by Gasteiger charge is 2.15. The summed E-state index contributed by atoms with van der Waals surface area (Å²) in [6.07, 6.45) is 2.72. The number of hydrogen-bond donors (Lipinski definition) is 1. The van der Waals surface area contributed by atoms with Gasteiger partial charge in [0.25, 0.3) is 0 Å². The van der Waals surface area contributed by atoms with Crippen LogP contribution in [0.4, 0.5) is 5.69 Å². The zero-order chi connectivity index (χ0) is 19.4. The normalized spacial score (nSPS) is 10.8. The Morgan fingerprint density at radius 3 is 2.59 bits per heavy atom. The zero-order valence-electron chi connectivity index (χ0n) is 15.5. The summed E-state index contributed by atoms with van der Waals surface area (Å²) in [5.74, 6) is 0.241. The van der Waals surface area contributed by atoms with Crippen LogP contribution in [0.2, 0.25) is 0 Å². The number of hydrogen-bond acceptors (Lipinski definition) is 6. The van der Waals surface area contributed by atoms with Crippen molar-refractivity contribution in [3.63, 3.8) is 0 Å². The fraction of sp³-hybridized carbons (Fsp3) is 0.300. The number of carbonyl (C=O) groups excluding carboxylic acids is 2. The van der Waals surface area contributed by atoms with Gasteiger partial charge in [0.15, 0.2) is 12.4 Å². The smallest absolute Gasteiger partial charge is 0.226 e. The maximum atomic E-state index is 12.4. The average molecular weight is 383 g/mol. The zero-order valence-corrected chi connectivity index (χ0v) is 16.4. The summed E-state index contributed by atoms with van der Waals surface area (Å²) in [6.45, 7) is 5.86. The van der Waals surface area contributed by atoms with Crippen LogP contribution in [-0.2, 0) is 4.79 Å². The Morgan fingerprint density at radius 2 is 1.89 bits per heavy atom. The van der Waals surface area contributed by atoms with Gasteiger partial charge >= 0.3 is 0 Å². The summed E-state index contributed by atoms with van der Waals surface area (Å²) < 4.78 is 5.69. The van der Waals surface area contributed by atoms with Gasteiger partial charge < -0.3 is 10.1 Å². The molecule has 0 aliphatic rings. The number of nitrogens with zero attached hydrogens (tertiary/aromatic N) is 2. The molecule has 0 aliphatic carbocycles. The Morgan fingerprint density at radius 1 is 1.15 bits per heavy atom. The lowest BCUT2D eigenvalue weighted by Crippen LogP contribution is -2.13. The maximum Gasteiger partial charge on any atom is 0.226 e. The number of rotatable bonds is 7. The fourth-order valence-corrected chi connectivity index (χ4v) is 3.65. The second-order valence-electron chi connectivity index (χ2n) is 6.23. The maximum absolute atomic E-state index is 12.4. The minimum atomic E-state index is -0.155. The molecule has 0 bridgehead atoms. The molecule has 2 aromatic heterocycles. The van der Waals surface area contributed by atoms with Crippen LogP contribution in [0.3, 0.4) is 0 Å². The molecule has 0 fully saturated rings. The van der Waals surface area contributed by atoms with E-state index in [1.807, 2.05) is 20.8 Å². The van der Waals surface area contributed by atoms with Gasteiger partial charge in [0.05, 0.1) is 5.39 Å². The molecular weight excluding hydrogens is 362 g/mol. The van der Waals surface area contributed by atoms with Crippen molar-refractivity contribution in [2.75, 3.05) is 11.9 Å². The number of Topliss-reactive ketones (excluding diaryl/α,β-unsaturated/α-hetero) is 1. The summed E-state index contributed by atoms with van der Waals surface area (Å²) in [4.78, 5) is 34.5. The quantitative estimate of drug-likeness (QED) is 0.615. The van der Waals surface area contributed by atoms with Crippen LogP contribution in [0.5, 0.6) is 5.88 Å². The highest BCUT2D eigenvalue weighted by Crippen LogP contribution is 2.33. The number of benzene rings is 1. The number of anilines is 1. The predicted molar refractivity (Wildman–Crippen MR) is 107 cm³/mol. The number of nitrogens with one attached hydrogen (secondary N) is 1. The van der Waals surface area contributed by atoms with Gasteiger partial charge in [0.2, 0.25) is 11.8 Å². The first-order valence-corrected chi connectivity index (χ1v) is 9.57. The largest absolute Gasteiger partial charge is 0.469 e. The summed E-state index contributed by atoms with van der Waals surface area (Å²) in [5.41, 5.74) is 2.27. The van der Waals surface area contributed by atoms with Gasteiger partial charge in [0, 0.05) is 22.5 Å². The topological polar surface area (TPSA) is 81.2 Å². The molecule has 1 amide bonds. The molecule has 0 atom stereocenters. The molecular formula is C20H21N3O3S. The van der Waals surface area contributed by atoms with E-state index >= 15 is 0 Å². The van der Waals surface area contributed by atoms with Crippen LogP contribution in [-0.4, -0.2) is 28.3 Å². The van der Waals surface area contributed by atoms with Gasteiger partial charge in [-0.1, -0.05) is 6.92 Å². The molecule has 6 nitrogen and oxygen atoms in total. The second-order valence-corrected chi connectivity index (χ2v) is 7.43. The molecule has 3 aromatic rings. The minimum absolute atomic E-state index is 0.0332. The Labute approximate surface area is 161 Å². The number of aryl methyl sites for hydroxylation is 2. The van der Waals surface area contributed by atoms with Crippen LogP contribution in [0.25, 0.3) is 10.2 Å². The van der Waals surface area contributed by atoms with Gasteiger partial charge in [-0.2, -0.15) is 0 Å². The van der Waals surface area contributed by atoms with Crippen molar-refractivity contribution in [3.05, 3.63) is 46.6 Å². The lowest BCUT2D eigenvalue weighted by molar-refractivity contribution is -0.116. The van der Waals surface area contributed by atoms with Crippen LogP contribution in [0.15, 0.2) is 30.6 Å². The van der Waals surface area contributed by atoms with Crippen molar-refractivity contribution in [2.45, 2.75) is 33.6 Å². The fourth-order valence-electron chi connectivity index (χ4n) is 2.67. The number of aromatic nitrogens is 2. The molecule has 0 saturated carbocycles. The van der Waals surface area contributed by atoms with Crippen LogP contribution in [0.1, 0.15) is 40.6 Å². The van der Waals surface area contributed by atoms with E-state index in [2.05, 4.69) is 15.3 Å². The first kappa shape index (κ1) is 19.0. The highest BCUT2D eigenvalue weighted by molar-refractivity contribution is 7.18. The van der Waals surface area contributed by atoms with Gasteiger partial charge in [-0.15, -0.1) is 11.3 Å². The standard InChI is InChI=1S/C20H21N3O3S/c1-4-5-17(25)23-15-8-6-14(7-9-15)16(24)10-26-19-18-12(2)13(3)27-20(18)22-11-21-19/h6-9,11H,4-5,10H2,1-3H3,(H,23,25). The third-order valence-electron chi connectivity index (χ3n) is 4.24. The van der Waals surface area contributed by atoms with E-state index in [1.165, 1.54) is 6.33 Å². The number of fused-ring (bicyclic) bond motifs is 1. The van der Waals surface area contributed by atoms with Crippen LogP contribution in [0, 0.1) is 13.8 Å². The molecule has 0 aliphatic heterocycles. The SMILES string of the molecule is CCCC(=O)Nc1ccc(C(=O)COc2ncnc3sc(C)c(C)c23)cc1. The van der Waals surface area contributed by atoms with Crippen molar-refractivity contribution in [1.82, 2.24) is 9.97 Å². The Balaban J connectivity index is 1.67. The van der Waals surface area contributed by atoms with E-state index in [4.69, 9.17) is 4.74 Å². The Hall–Kier alpha value is -2.80. The monoisotopic (exact) mass is 383 g/mol. The molecule has 1 aromatic carbocycles. The van der Waals surface area contributed by atoms with Gasteiger partial charge in [-0.25, -0.2) is 9.97 Å². The number of carbonyl (C=O) groups is 2. The first-order chi connectivity index (χ1) is 13.0. The van der Waals surface area contributed by atoms with Gasteiger partial charge in [-0.05, 0) is 50.1 Å². The molecule has 0 spiro atoms. The number of ketones is 1. The Bertz CT molecular complexity index is 980. The molecule has 2 heterocycles. The second kappa shape index (κ2) is 8.26. The molecule has 27 heavy (non-hydrogen) atoms. The number of thiophene rings is 1. The average Bonchev–Trinajstić information content (AvgIpc) is 2.95. The van der Waals surface area contributed by atoms with Crippen molar-refractivity contribution >= 4 is 38.9 Å². The molecule has 0 radical (unpaired) electrons. The summed E-state index contributed by atoms with van der Waals surface area (Å²) in [6, 6.07) is 6.80. The van der Waals surface area contributed by atoms with E-state index in [1.54, 1.807) is 35.6 Å². The van der Waals surface area contributed by atoms with E-state index < -0.39 is 0 Å². The van der Waals surface area contributed by atoms with Gasteiger partial charge in [-0.3, -0.25) is 9.59 Å². The van der Waals surface area contributed by atoms with E-state index in [-0.39, 0.29) is 18.3 Å². The summed E-state index contributed by atoms with van der Waals surface area (Å²) in [5, 5.41) is 3.66. The molecule has 1 N–H and O–H groups in total. The van der Waals surface area contributed by atoms with E-state index in [0.717, 1.165) is 27.1 Å². The first-order valence-electron chi connectivity index (χ1n) is 8.76. The van der Waals surface area contributed by atoms with E-state index in [9.17, 15) is 9.59 Å². The van der Waals surface area contributed by atoms with Gasteiger partial charge in [0.1, 0.15) is 11.2 Å². The third kappa shape index (κ3) is 4.31. The number of amides is 1. The lowest BCUT2D eigenvalue weighted by Gasteiger charge is -2.08. The highest BCUT2D eigenvalue weighted by atomic mass is 32.1. The van der Waals surface area contributed by atoms with Crippen molar-refractivity contribution in [1.29, 1.82) is 0 Å². The Kier molecular flexibility index (Phi) is 5.81. The van der Waals surface area contributed by atoms with Crippen molar-refractivity contribution in [3.8, 4) is 5.88 Å². The molecule has 3 rings (SSSR count). The molecule has 0 unspecified atom stereocenters. The van der Waals surface area contributed by atoms with Crippen molar-refractivity contribution in [2.24, 2.45) is 0 Å². The van der Waals surface area contributed by atoms with Crippen LogP contribution < -0.4 is 10.1 Å².